The van der Waals surface area contributed by atoms with Crippen molar-refractivity contribution in [1.82, 2.24) is 4.98 Å². The van der Waals surface area contributed by atoms with Crippen LogP contribution in [0.3, 0.4) is 0 Å². The maximum Gasteiger partial charge on any atom is 0.166 e. The molecule has 0 saturated heterocycles. The number of halogens is 1. The van der Waals surface area contributed by atoms with E-state index >= 15 is 0 Å². The minimum atomic E-state index is -0.0417. The summed E-state index contributed by atoms with van der Waals surface area (Å²) < 4.78 is 5.93. The first kappa shape index (κ1) is 25.7. The first-order chi connectivity index (χ1) is 15.2. The Kier molecular flexibility index (Phi) is 12.0. The summed E-state index contributed by atoms with van der Waals surface area (Å²) in [4.78, 5) is 15.4. The van der Waals surface area contributed by atoms with Crippen LogP contribution in [0.4, 0.5) is 0 Å². The molecule has 0 bridgehead atoms. The number of rotatable bonds is 16. The molecule has 0 aliphatic heterocycles. The van der Waals surface area contributed by atoms with Gasteiger partial charge in [-0.2, -0.15) is 0 Å². The smallest absolute Gasteiger partial charge is 0.166 e. The van der Waals surface area contributed by atoms with Gasteiger partial charge in [-0.3, -0.25) is 4.79 Å². The van der Waals surface area contributed by atoms with E-state index in [0.29, 0.717) is 5.69 Å². The molecule has 2 aromatic rings. The topological polar surface area (TPSA) is 42.1 Å². The molecule has 0 aliphatic rings. The molecule has 31 heavy (non-hydrogen) atoms. The summed E-state index contributed by atoms with van der Waals surface area (Å²) in [7, 11) is 1.77. The molecule has 1 atom stereocenters. The van der Waals surface area contributed by atoms with Crippen molar-refractivity contribution in [3.8, 4) is 11.1 Å². The van der Waals surface area contributed by atoms with E-state index in [9.17, 15) is 4.79 Å². The number of ether oxygens (including phenoxy) is 1. The van der Waals surface area contributed by atoms with Gasteiger partial charge in [-0.05, 0) is 42.5 Å². The maximum absolute atomic E-state index is 11.9. The molecule has 172 valence electrons. The van der Waals surface area contributed by atoms with Crippen LogP contribution in [0.1, 0.15) is 112 Å². The monoisotopic (exact) mass is 445 g/mol. The highest BCUT2D eigenvalue weighted by Crippen LogP contribution is 2.38. The zero-order valence-electron chi connectivity index (χ0n) is 19.6. The van der Waals surface area contributed by atoms with Crippen molar-refractivity contribution in [2.24, 2.45) is 0 Å². The lowest BCUT2D eigenvalue weighted by molar-refractivity contribution is 0.0902. The summed E-state index contributed by atoms with van der Waals surface area (Å²) in [6, 6.07) is 7.95. The summed E-state index contributed by atoms with van der Waals surface area (Å²) in [5, 5.41) is 0.719. The molecule has 0 spiro atoms. The molecule has 0 saturated carbocycles. The molecule has 0 radical (unpaired) electrons. The third kappa shape index (κ3) is 7.80. The Bertz CT molecular complexity index is 766. The summed E-state index contributed by atoms with van der Waals surface area (Å²) in [6.07, 6.45) is 15.0. The Labute approximate surface area is 193 Å². The van der Waals surface area contributed by atoms with Crippen molar-refractivity contribution in [2.75, 3.05) is 7.11 Å². The van der Waals surface area contributed by atoms with Crippen LogP contribution in [-0.4, -0.2) is 18.4 Å². The van der Waals surface area contributed by atoms with Crippen molar-refractivity contribution in [1.29, 1.82) is 0 Å². The SMILES string of the molecule is CCCCCCCCC(OC)c1[nH]c(C=O)c(CCCCCC)c1-c1ccc(Cl)cc1. The van der Waals surface area contributed by atoms with Crippen molar-refractivity contribution < 1.29 is 9.53 Å². The zero-order chi connectivity index (χ0) is 22.5. The van der Waals surface area contributed by atoms with Crippen LogP contribution in [0.2, 0.25) is 5.02 Å². The lowest BCUT2D eigenvalue weighted by Gasteiger charge is -2.17. The van der Waals surface area contributed by atoms with Gasteiger partial charge in [0.15, 0.2) is 6.29 Å². The van der Waals surface area contributed by atoms with E-state index in [-0.39, 0.29) is 6.10 Å². The van der Waals surface area contributed by atoms with E-state index < -0.39 is 0 Å². The number of H-pyrrole nitrogens is 1. The molecule has 4 heteroatoms. The normalized spacial score (nSPS) is 12.3. The highest BCUT2D eigenvalue weighted by Gasteiger charge is 2.24. The van der Waals surface area contributed by atoms with Crippen LogP contribution in [0.5, 0.6) is 0 Å². The maximum atomic E-state index is 11.9. The standard InChI is InChI=1S/C27H40ClNO2/c1-4-6-8-10-11-13-15-25(31-3)27-26(21-16-18-22(28)19-17-21)23(24(20-30)29-27)14-12-9-7-5-2/h16-20,25,29H,4-15H2,1-3H3. The van der Waals surface area contributed by atoms with Crippen molar-refractivity contribution in [3.05, 3.63) is 46.2 Å². The van der Waals surface area contributed by atoms with Gasteiger partial charge in [0.1, 0.15) is 0 Å². The largest absolute Gasteiger partial charge is 0.375 e. The number of nitrogens with one attached hydrogen (secondary N) is 1. The average molecular weight is 446 g/mol. The molecule has 1 unspecified atom stereocenters. The quantitative estimate of drug-likeness (QED) is 0.207. The Hall–Kier alpha value is -1.58. The summed E-state index contributed by atoms with van der Waals surface area (Å²) in [6.45, 7) is 4.46. The van der Waals surface area contributed by atoms with Crippen molar-refractivity contribution >= 4 is 17.9 Å². The van der Waals surface area contributed by atoms with E-state index in [2.05, 4.69) is 31.0 Å². The predicted octanol–water partition coefficient (Wildman–Crippen LogP) is 8.71. The third-order valence-corrected chi connectivity index (χ3v) is 6.37. The third-order valence-electron chi connectivity index (χ3n) is 6.12. The van der Waals surface area contributed by atoms with Crippen LogP contribution in [0.25, 0.3) is 11.1 Å². The second-order valence-corrected chi connectivity index (χ2v) is 8.96. The highest BCUT2D eigenvalue weighted by molar-refractivity contribution is 6.30. The average Bonchev–Trinajstić information content (AvgIpc) is 3.15. The van der Waals surface area contributed by atoms with E-state index in [1.54, 1.807) is 7.11 Å². The van der Waals surface area contributed by atoms with Gasteiger partial charge in [0.2, 0.25) is 0 Å². The molecular formula is C27H40ClNO2. The molecular weight excluding hydrogens is 406 g/mol. The van der Waals surface area contributed by atoms with Gasteiger partial charge in [-0.15, -0.1) is 0 Å². The molecule has 0 amide bonds. The van der Waals surface area contributed by atoms with Crippen LogP contribution in [-0.2, 0) is 11.2 Å². The first-order valence-corrected chi connectivity index (χ1v) is 12.5. The van der Waals surface area contributed by atoms with Crippen molar-refractivity contribution in [3.63, 3.8) is 0 Å². The molecule has 1 N–H and O–H groups in total. The first-order valence-electron chi connectivity index (χ1n) is 12.1. The number of hydrogen-bond acceptors (Lipinski definition) is 2. The van der Waals surface area contributed by atoms with Gasteiger partial charge in [0, 0.05) is 17.7 Å². The minimum absolute atomic E-state index is 0.0417. The van der Waals surface area contributed by atoms with Crippen LogP contribution < -0.4 is 0 Å². The van der Waals surface area contributed by atoms with E-state index in [1.165, 1.54) is 51.4 Å². The Morgan fingerprint density at radius 1 is 0.935 bits per heavy atom. The van der Waals surface area contributed by atoms with E-state index in [0.717, 1.165) is 59.4 Å². The van der Waals surface area contributed by atoms with Crippen LogP contribution in [0, 0.1) is 0 Å². The molecule has 1 heterocycles. The number of benzene rings is 1. The van der Waals surface area contributed by atoms with E-state index in [4.69, 9.17) is 16.3 Å². The van der Waals surface area contributed by atoms with Crippen LogP contribution in [0.15, 0.2) is 24.3 Å². The molecule has 2 rings (SSSR count). The molecule has 1 aromatic heterocycles. The van der Waals surface area contributed by atoms with Crippen LogP contribution >= 0.6 is 11.6 Å². The molecule has 3 nitrogen and oxygen atoms in total. The number of unbranched alkanes of at least 4 members (excludes halogenated alkanes) is 8. The summed E-state index contributed by atoms with van der Waals surface area (Å²) in [5.74, 6) is 0. The second kappa shape index (κ2) is 14.5. The van der Waals surface area contributed by atoms with Gasteiger partial charge < -0.3 is 9.72 Å². The highest BCUT2D eigenvalue weighted by atomic mass is 35.5. The van der Waals surface area contributed by atoms with Gasteiger partial charge in [0.25, 0.3) is 0 Å². The summed E-state index contributed by atoms with van der Waals surface area (Å²) in [5.41, 5.74) is 5.08. The lowest BCUT2D eigenvalue weighted by Crippen LogP contribution is -2.04. The number of methoxy groups -OCH3 is 1. The van der Waals surface area contributed by atoms with Gasteiger partial charge in [-0.25, -0.2) is 0 Å². The molecule has 0 fully saturated rings. The van der Waals surface area contributed by atoms with Crippen molar-refractivity contribution in [2.45, 2.75) is 97.0 Å². The fourth-order valence-electron chi connectivity index (χ4n) is 4.35. The number of carbonyl (C=O) groups is 1. The lowest BCUT2D eigenvalue weighted by atomic mass is 9.93. The Morgan fingerprint density at radius 2 is 1.55 bits per heavy atom. The van der Waals surface area contributed by atoms with Gasteiger partial charge in [-0.1, -0.05) is 95.4 Å². The molecule has 0 aliphatic carbocycles. The van der Waals surface area contributed by atoms with Gasteiger partial charge >= 0.3 is 0 Å². The van der Waals surface area contributed by atoms with E-state index in [1.807, 2.05) is 12.1 Å². The van der Waals surface area contributed by atoms with Gasteiger partial charge in [0.05, 0.1) is 17.5 Å². The minimum Gasteiger partial charge on any atom is -0.375 e. The Morgan fingerprint density at radius 3 is 2.16 bits per heavy atom. The predicted molar refractivity (Wildman–Crippen MR) is 132 cm³/mol. The number of aldehydes is 1. The number of aromatic nitrogens is 1. The second-order valence-electron chi connectivity index (χ2n) is 8.52. The molecule has 1 aromatic carbocycles. The zero-order valence-corrected chi connectivity index (χ0v) is 20.4. The fourth-order valence-corrected chi connectivity index (χ4v) is 4.47. The number of hydrogen-bond donors (Lipinski definition) is 1. The number of aromatic amines is 1. The fraction of sp³-hybridized carbons (Fsp3) is 0.593. The Balaban J connectivity index is 2.29. The summed E-state index contributed by atoms with van der Waals surface area (Å²) >= 11 is 6.15. The number of carbonyl (C=O) groups excluding carboxylic acids is 1.